The van der Waals surface area contributed by atoms with Crippen LogP contribution in [0, 0.1) is 0 Å². The first-order chi connectivity index (χ1) is 15.0. The van der Waals surface area contributed by atoms with Gasteiger partial charge < -0.3 is 19.0 Å². The maximum atomic E-state index is 12.8. The van der Waals surface area contributed by atoms with Crippen LogP contribution in [-0.2, 0) is 9.59 Å². The first kappa shape index (κ1) is 20.7. The molecular formula is C25H26N2O4. The topological polar surface area (TPSA) is 63.0 Å². The van der Waals surface area contributed by atoms with Gasteiger partial charge in [-0.2, -0.15) is 0 Å². The minimum absolute atomic E-state index is 0.0474. The van der Waals surface area contributed by atoms with Crippen molar-refractivity contribution >= 4 is 28.4 Å². The number of fused-ring (bicyclic) bond motifs is 1. The van der Waals surface area contributed by atoms with Gasteiger partial charge in [0.15, 0.2) is 0 Å². The zero-order valence-electron chi connectivity index (χ0n) is 18.1. The molecule has 1 aromatic heterocycles. The van der Waals surface area contributed by atoms with Crippen molar-refractivity contribution in [3.05, 3.63) is 60.4 Å². The average Bonchev–Trinajstić information content (AvgIpc) is 3.21. The molecule has 0 radical (unpaired) electrons. The van der Waals surface area contributed by atoms with E-state index in [0.29, 0.717) is 31.9 Å². The highest BCUT2D eigenvalue weighted by molar-refractivity contribution is 6.00. The third-order valence-corrected chi connectivity index (χ3v) is 5.78. The minimum atomic E-state index is -0.0571. The maximum absolute atomic E-state index is 12.8. The fraction of sp³-hybridized carbons (Fsp3) is 0.280. The molecule has 1 fully saturated rings. The molecule has 1 aliphatic heterocycles. The van der Waals surface area contributed by atoms with Gasteiger partial charge in [0.05, 0.1) is 13.4 Å². The van der Waals surface area contributed by atoms with Gasteiger partial charge in [-0.05, 0) is 24.1 Å². The molecule has 0 spiro atoms. The minimum Gasteiger partial charge on any atom is -0.496 e. The van der Waals surface area contributed by atoms with Crippen LogP contribution in [0.15, 0.2) is 59.2 Å². The lowest BCUT2D eigenvalue weighted by molar-refractivity contribution is -0.135. The number of amides is 2. The molecule has 4 rings (SSSR count). The lowest BCUT2D eigenvalue weighted by Crippen LogP contribution is -2.49. The third-order valence-electron chi connectivity index (χ3n) is 5.78. The quantitative estimate of drug-likeness (QED) is 0.596. The van der Waals surface area contributed by atoms with E-state index in [9.17, 15) is 9.59 Å². The zero-order valence-corrected chi connectivity index (χ0v) is 18.1. The van der Waals surface area contributed by atoms with Gasteiger partial charge in [-0.25, -0.2) is 0 Å². The van der Waals surface area contributed by atoms with Crippen LogP contribution in [0.1, 0.15) is 19.4 Å². The van der Waals surface area contributed by atoms with Crippen molar-refractivity contribution in [3.63, 3.8) is 0 Å². The highest BCUT2D eigenvalue weighted by Crippen LogP contribution is 2.37. The molecule has 0 aliphatic carbocycles. The lowest BCUT2D eigenvalue weighted by atomic mass is 9.99. The molecule has 3 aromatic rings. The Kier molecular flexibility index (Phi) is 5.80. The highest BCUT2D eigenvalue weighted by atomic mass is 16.5. The molecule has 160 valence electrons. The fourth-order valence-corrected chi connectivity index (χ4v) is 3.97. The molecule has 0 bridgehead atoms. The summed E-state index contributed by atoms with van der Waals surface area (Å²) in [7, 11) is 1.61. The standard InChI is InChI=1S/C25H26N2O4/c1-17(13-25(29)27-11-9-26(10-12-27)18(2)28)20-14-21-22(19-7-5-4-6-8-19)16-31-24(21)15-23(20)30-3/h4-8,13-16H,9-12H2,1-3H3/b17-13+. The van der Waals surface area contributed by atoms with Gasteiger partial charge >= 0.3 is 0 Å². The van der Waals surface area contributed by atoms with Crippen LogP contribution in [0.5, 0.6) is 5.75 Å². The summed E-state index contributed by atoms with van der Waals surface area (Å²) in [6.07, 6.45) is 3.40. The van der Waals surface area contributed by atoms with Crippen molar-refractivity contribution in [1.82, 2.24) is 9.80 Å². The molecule has 0 unspecified atom stereocenters. The Bertz CT molecular complexity index is 1140. The van der Waals surface area contributed by atoms with Crippen LogP contribution in [0.25, 0.3) is 27.7 Å². The molecule has 2 heterocycles. The molecule has 6 heteroatoms. The smallest absolute Gasteiger partial charge is 0.246 e. The van der Waals surface area contributed by atoms with E-state index in [1.165, 1.54) is 0 Å². The molecule has 6 nitrogen and oxygen atoms in total. The number of hydrogen-bond acceptors (Lipinski definition) is 4. The number of hydrogen-bond donors (Lipinski definition) is 0. The monoisotopic (exact) mass is 418 g/mol. The van der Waals surface area contributed by atoms with E-state index >= 15 is 0 Å². The Morgan fingerprint density at radius 2 is 1.68 bits per heavy atom. The van der Waals surface area contributed by atoms with Crippen LogP contribution in [-0.4, -0.2) is 54.9 Å². The lowest BCUT2D eigenvalue weighted by Gasteiger charge is -2.33. The summed E-state index contributed by atoms with van der Waals surface area (Å²) >= 11 is 0. The van der Waals surface area contributed by atoms with Crippen LogP contribution in [0.2, 0.25) is 0 Å². The number of rotatable bonds is 4. The van der Waals surface area contributed by atoms with E-state index < -0.39 is 0 Å². The molecular weight excluding hydrogens is 392 g/mol. The number of benzene rings is 2. The van der Waals surface area contributed by atoms with Crippen LogP contribution < -0.4 is 4.74 Å². The van der Waals surface area contributed by atoms with Gasteiger partial charge in [0.1, 0.15) is 11.3 Å². The van der Waals surface area contributed by atoms with Crippen molar-refractivity contribution < 1.29 is 18.7 Å². The summed E-state index contributed by atoms with van der Waals surface area (Å²) in [6, 6.07) is 13.9. The number of carbonyl (C=O) groups excluding carboxylic acids is 2. The zero-order chi connectivity index (χ0) is 22.0. The third kappa shape index (κ3) is 4.19. The summed E-state index contributed by atoms with van der Waals surface area (Å²) in [6.45, 7) is 5.69. The molecule has 1 aliphatic rings. The Morgan fingerprint density at radius 1 is 1.00 bits per heavy atom. The summed E-state index contributed by atoms with van der Waals surface area (Å²) < 4.78 is 11.4. The number of nitrogens with zero attached hydrogens (tertiary/aromatic N) is 2. The van der Waals surface area contributed by atoms with Crippen LogP contribution in [0.3, 0.4) is 0 Å². The Morgan fingerprint density at radius 3 is 2.32 bits per heavy atom. The van der Waals surface area contributed by atoms with Gasteiger partial charge in [0, 0.05) is 61.8 Å². The van der Waals surface area contributed by atoms with Crippen LogP contribution in [0.4, 0.5) is 0 Å². The van der Waals surface area contributed by atoms with Crippen molar-refractivity contribution in [3.8, 4) is 16.9 Å². The van der Waals surface area contributed by atoms with E-state index in [0.717, 1.165) is 33.2 Å². The number of furan rings is 1. The molecule has 1 saturated heterocycles. The number of carbonyl (C=O) groups is 2. The number of allylic oxidation sites excluding steroid dienone is 1. The number of ether oxygens (including phenoxy) is 1. The molecule has 31 heavy (non-hydrogen) atoms. The van der Waals surface area contributed by atoms with E-state index in [1.807, 2.05) is 49.4 Å². The average molecular weight is 418 g/mol. The Balaban J connectivity index is 1.64. The maximum Gasteiger partial charge on any atom is 0.246 e. The van der Waals surface area contributed by atoms with E-state index in [-0.39, 0.29) is 11.8 Å². The molecule has 0 saturated carbocycles. The Hall–Kier alpha value is -3.54. The normalized spacial score (nSPS) is 14.7. The summed E-state index contributed by atoms with van der Waals surface area (Å²) in [5.41, 5.74) is 4.47. The second-order valence-corrected chi connectivity index (χ2v) is 7.72. The molecule has 2 amide bonds. The molecule has 2 aromatic carbocycles. The highest BCUT2D eigenvalue weighted by Gasteiger charge is 2.22. The fourth-order valence-electron chi connectivity index (χ4n) is 3.97. The van der Waals surface area contributed by atoms with Crippen molar-refractivity contribution in [1.29, 1.82) is 0 Å². The number of methoxy groups -OCH3 is 1. The van der Waals surface area contributed by atoms with Crippen molar-refractivity contribution in [2.24, 2.45) is 0 Å². The molecule has 0 atom stereocenters. The summed E-state index contributed by atoms with van der Waals surface area (Å²) in [4.78, 5) is 27.9. The second kappa shape index (κ2) is 8.68. The van der Waals surface area contributed by atoms with Gasteiger partial charge in [-0.1, -0.05) is 30.3 Å². The summed E-state index contributed by atoms with van der Waals surface area (Å²) in [5.74, 6) is 0.647. The van der Waals surface area contributed by atoms with E-state index in [4.69, 9.17) is 9.15 Å². The Labute approximate surface area is 181 Å². The van der Waals surface area contributed by atoms with Crippen molar-refractivity contribution in [2.75, 3.05) is 33.3 Å². The first-order valence-electron chi connectivity index (χ1n) is 10.4. The second-order valence-electron chi connectivity index (χ2n) is 7.72. The number of piperazine rings is 1. The van der Waals surface area contributed by atoms with E-state index in [1.54, 1.807) is 36.2 Å². The van der Waals surface area contributed by atoms with Crippen LogP contribution >= 0.6 is 0 Å². The van der Waals surface area contributed by atoms with Gasteiger partial charge in [0.2, 0.25) is 11.8 Å². The van der Waals surface area contributed by atoms with Gasteiger partial charge in [-0.3, -0.25) is 9.59 Å². The first-order valence-corrected chi connectivity index (χ1v) is 10.4. The van der Waals surface area contributed by atoms with Gasteiger partial charge in [-0.15, -0.1) is 0 Å². The predicted molar refractivity (Wildman–Crippen MR) is 121 cm³/mol. The SMILES string of the molecule is COc1cc2occ(-c3ccccc3)c2cc1/C(C)=C/C(=O)N1CCN(C(C)=O)CC1. The van der Waals surface area contributed by atoms with Crippen molar-refractivity contribution in [2.45, 2.75) is 13.8 Å². The largest absolute Gasteiger partial charge is 0.496 e. The van der Waals surface area contributed by atoms with E-state index in [2.05, 4.69) is 0 Å². The van der Waals surface area contributed by atoms with Gasteiger partial charge in [0.25, 0.3) is 0 Å². The molecule has 0 N–H and O–H groups in total. The predicted octanol–water partition coefficient (Wildman–Crippen LogP) is 4.20. The summed E-state index contributed by atoms with van der Waals surface area (Å²) in [5, 5.41) is 0.970.